The molecule has 0 radical (unpaired) electrons. The van der Waals surface area contributed by atoms with E-state index in [0.717, 1.165) is 31.0 Å². The fourth-order valence-electron chi connectivity index (χ4n) is 13.0. The van der Waals surface area contributed by atoms with E-state index in [4.69, 9.17) is 9.47 Å². The first-order valence-electron chi connectivity index (χ1n) is 34.6. The van der Waals surface area contributed by atoms with Gasteiger partial charge in [0, 0.05) is 104 Å². The van der Waals surface area contributed by atoms with Crippen LogP contribution in [0, 0.1) is 59.2 Å². The lowest BCUT2D eigenvalue weighted by Crippen LogP contribution is -2.62. The Balaban J connectivity index is 2.94. The lowest BCUT2D eigenvalue weighted by atomic mass is 9.85. The van der Waals surface area contributed by atoms with E-state index in [1.165, 1.54) is 61.8 Å². The molecule has 2 rings (SSSR count). The molecule has 2 aliphatic rings. The van der Waals surface area contributed by atoms with Crippen molar-refractivity contribution in [2.75, 3.05) is 74.7 Å². The van der Waals surface area contributed by atoms with Crippen LogP contribution in [0.3, 0.4) is 0 Å². The second-order valence-corrected chi connectivity index (χ2v) is 29.0. The molecule has 0 aromatic heterocycles. The molecule has 2 aliphatic heterocycles. The van der Waals surface area contributed by atoms with Gasteiger partial charge in [-0.25, -0.2) is 0 Å². The molecule has 93 heavy (non-hydrogen) atoms. The maximum atomic E-state index is 15.2. The Kier molecular flexibility index (Phi) is 36.1. The highest BCUT2D eigenvalue weighted by Gasteiger charge is 2.45. The summed E-state index contributed by atoms with van der Waals surface area (Å²) in [5, 5.41) is 17.7. The third-order valence-corrected chi connectivity index (χ3v) is 18.8. The molecule has 2 saturated heterocycles. The zero-order valence-corrected chi connectivity index (χ0v) is 61.1. The van der Waals surface area contributed by atoms with Crippen LogP contribution in [0.1, 0.15) is 188 Å². The lowest BCUT2D eigenvalue weighted by Gasteiger charge is -2.40. The number of morpholine rings is 1. The van der Waals surface area contributed by atoms with Gasteiger partial charge in [0.05, 0.1) is 43.5 Å². The summed E-state index contributed by atoms with van der Waals surface area (Å²) < 4.78 is 11.9. The minimum Gasteiger partial charge on any atom is -0.390 e. The summed E-state index contributed by atoms with van der Waals surface area (Å²) in [6, 6.07) is -8.42. The molecule has 7 amide bonds. The van der Waals surface area contributed by atoms with Gasteiger partial charge in [0.2, 0.25) is 41.4 Å². The Labute approximate surface area is 558 Å². The SMILES string of the molecule is CC=CC[C@@H](C)[C@@H](O)[C@H]1C(=O)N[C@@H](CC)C(=O)C[C@H](C)C(=O)N(C)[C@@H]([C@@H](C)OCCCCN2CCOCC2)C(=O)C[C@@H](C(C)C)C(=O)N(C)[C@@H](CC(C)C)C(=O)C[C@@H](C)C(=O)N[C@H](C)C(=O)N(C)[C@@H](CC(C)C)C(=O)C[C@@H](CC(C)C)C(=O)N(C)[C@@H](C(C)C)C(=O)N1C. The van der Waals surface area contributed by atoms with Crippen LogP contribution in [-0.2, 0) is 62.2 Å². The van der Waals surface area contributed by atoms with Crippen LogP contribution in [0.25, 0.3) is 0 Å². The van der Waals surface area contributed by atoms with Gasteiger partial charge in [0.1, 0.15) is 24.2 Å². The summed E-state index contributed by atoms with van der Waals surface area (Å²) in [6.45, 7) is 34.1. The standard InChI is InChI=1S/C71H124N8O14/c1-23-25-28-47(13)64(84)63-66(86)73-54(24-2)57(80)39-49(15)67(87)77(21)62(51(17)93-32-27-26-29-79-30-33-92-34-31-79)60(83)41-53(45(9)10)70(90)75(19)55(36-43(5)6)58(81)38-48(14)65(85)72-50(16)68(88)74(18)56(37-44(7)8)59(82)40-52(35-42(3)4)69(89)76(20)61(46(11)12)71(91)78(63)22/h23,25,42-56,61-64,84H,24,26-41H2,1-22H3,(H,72,85)(H,73,86)/t47-,48-,49+,50-,51-,52-,53+,54+,55+,56+,61+,62+,63+,64-/m1/s1. The van der Waals surface area contributed by atoms with Crippen molar-refractivity contribution in [2.45, 2.75) is 243 Å². The number of unbranched alkanes of at least 4 members (excludes halogenated alkanes) is 1. The van der Waals surface area contributed by atoms with E-state index >= 15 is 14.4 Å². The Bertz CT molecular complexity index is 2500. The number of hydrogen-bond donors (Lipinski definition) is 3. The van der Waals surface area contributed by atoms with Crippen LogP contribution >= 0.6 is 0 Å². The number of carbonyl (C=O) groups is 11. The number of hydrogen-bond acceptors (Lipinski definition) is 15. The predicted molar refractivity (Wildman–Crippen MR) is 361 cm³/mol. The number of ether oxygens (including phenoxy) is 2. The van der Waals surface area contributed by atoms with Gasteiger partial charge < -0.3 is 49.7 Å². The molecule has 0 bridgehead atoms. The molecule has 3 N–H and O–H groups in total. The Morgan fingerprint density at radius 2 is 1.06 bits per heavy atom. The van der Waals surface area contributed by atoms with Crippen molar-refractivity contribution in [3.63, 3.8) is 0 Å². The molecule has 22 nitrogen and oxygen atoms in total. The van der Waals surface area contributed by atoms with E-state index in [0.29, 0.717) is 26.1 Å². The van der Waals surface area contributed by atoms with Crippen molar-refractivity contribution < 1.29 is 67.3 Å². The smallest absolute Gasteiger partial charge is 0.246 e. The zero-order chi connectivity index (χ0) is 71.0. The number of rotatable bonds is 20. The largest absolute Gasteiger partial charge is 0.390 e. The maximum absolute atomic E-state index is 15.2. The summed E-state index contributed by atoms with van der Waals surface area (Å²) in [5.74, 6) is -11.9. The van der Waals surface area contributed by atoms with Crippen molar-refractivity contribution in [3.8, 4) is 0 Å². The van der Waals surface area contributed by atoms with Crippen LogP contribution in [-0.4, -0.2) is 228 Å². The van der Waals surface area contributed by atoms with Gasteiger partial charge in [-0.05, 0) is 108 Å². The summed E-state index contributed by atoms with van der Waals surface area (Å²) in [4.78, 5) is 171. The molecular formula is C71H124N8O14. The van der Waals surface area contributed by atoms with Crippen molar-refractivity contribution in [1.29, 1.82) is 0 Å². The van der Waals surface area contributed by atoms with Crippen molar-refractivity contribution in [2.24, 2.45) is 59.2 Å². The summed E-state index contributed by atoms with van der Waals surface area (Å²) in [6.07, 6.45) is 2.48. The van der Waals surface area contributed by atoms with Gasteiger partial charge in [-0.2, -0.15) is 0 Å². The first-order chi connectivity index (χ1) is 43.4. The fourth-order valence-corrected chi connectivity index (χ4v) is 13.0. The van der Waals surface area contributed by atoms with E-state index in [-0.39, 0.29) is 75.7 Å². The number of allylic oxidation sites excluding steroid dienone is 2. The third kappa shape index (κ3) is 25.2. The molecule has 0 spiro atoms. The van der Waals surface area contributed by atoms with Gasteiger partial charge in [-0.15, -0.1) is 0 Å². The number of Topliss-reactive ketones (excluding diaryl/α,β-unsaturated/α-hetero) is 4. The van der Waals surface area contributed by atoms with Gasteiger partial charge in [-0.1, -0.05) is 109 Å². The van der Waals surface area contributed by atoms with E-state index in [9.17, 15) is 43.5 Å². The highest BCUT2D eigenvalue weighted by molar-refractivity contribution is 6.00. The van der Waals surface area contributed by atoms with Gasteiger partial charge in [-0.3, -0.25) is 57.6 Å². The van der Waals surface area contributed by atoms with Crippen LogP contribution in [0.15, 0.2) is 12.2 Å². The zero-order valence-electron chi connectivity index (χ0n) is 61.1. The maximum Gasteiger partial charge on any atom is 0.246 e. The Hall–Kier alpha value is -5.45. The first-order valence-corrected chi connectivity index (χ1v) is 34.6. The highest BCUT2D eigenvalue weighted by Crippen LogP contribution is 2.30. The average Bonchev–Trinajstić information content (AvgIpc) is 0.830. The molecule has 2 fully saturated rings. The van der Waals surface area contributed by atoms with E-state index in [1.807, 2.05) is 54.5 Å². The number of carbonyl (C=O) groups excluding carboxylic acids is 11. The molecule has 0 aromatic rings. The third-order valence-electron chi connectivity index (χ3n) is 18.8. The van der Waals surface area contributed by atoms with E-state index < -0.39 is 160 Å². The molecule has 22 heteroatoms. The monoisotopic (exact) mass is 1310 g/mol. The highest BCUT2D eigenvalue weighted by atomic mass is 16.5. The quantitative estimate of drug-likeness (QED) is 0.0835. The van der Waals surface area contributed by atoms with Gasteiger partial charge in [0.25, 0.3) is 0 Å². The minimum atomic E-state index is -1.59. The average molecular weight is 1310 g/mol. The Morgan fingerprint density at radius 3 is 1.58 bits per heavy atom. The Morgan fingerprint density at radius 1 is 0.548 bits per heavy atom. The minimum absolute atomic E-state index is 0.0625. The second kappa shape index (κ2) is 40.2. The van der Waals surface area contributed by atoms with E-state index in [1.54, 1.807) is 68.4 Å². The molecule has 0 aliphatic carbocycles. The van der Waals surface area contributed by atoms with Crippen LogP contribution in [0.2, 0.25) is 0 Å². The predicted octanol–water partition coefficient (Wildman–Crippen LogP) is 6.81. The molecule has 14 atom stereocenters. The van der Waals surface area contributed by atoms with Crippen molar-refractivity contribution in [3.05, 3.63) is 12.2 Å². The lowest BCUT2D eigenvalue weighted by molar-refractivity contribution is -0.155. The summed E-state index contributed by atoms with van der Waals surface area (Å²) in [5.41, 5.74) is 0. The summed E-state index contributed by atoms with van der Waals surface area (Å²) in [7, 11) is 7.31. The molecule has 532 valence electrons. The number of aliphatic hydroxyl groups excluding tert-OH is 1. The molecule has 0 unspecified atom stereocenters. The first kappa shape index (κ1) is 83.6. The van der Waals surface area contributed by atoms with Crippen LogP contribution in [0.5, 0.6) is 0 Å². The van der Waals surface area contributed by atoms with Crippen LogP contribution in [0.4, 0.5) is 0 Å². The number of nitrogens with one attached hydrogen (secondary N) is 2. The molecule has 0 saturated carbocycles. The normalized spacial score (nSPS) is 28.0. The number of amides is 7. The van der Waals surface area contributed by atoms with E-state index in [2.05, 4.69) is 15.5 Å². The van der Waals surface area contributed by atoms with Gasteiger partial charge in [0.15, 0.2) is 23.1 Å². The molecule has 2 heterocycles. The number of nitrogens with zero attached hydrogens (tertiary/aromatic N) is 6. The van der Waals surface area contributed by atoms with Gasteiger partial charge >= 0.3 is 0 Å². The van der Waals surface area contributed by atoms with Crippen molar-refractivity contribution >= 4 is 64.5 Å². The number of likely N-dealkylation sites (N-methyl/N-ethyl adjacent to an activating group) is 5. The second-order valence-electron chi connectivity index (χ2n) is 29.0. The van der Waals surface area contributed by atoms with Crippen molar-refractivity contribution in [1.82, 2.24) is 40.0 Å². The number of aliphatic hydroxyl groups is 1. The summed E-state index contributed by atoms with van der Waals surface area (Å²) >= 11 is 0. The topological polar surface area (TPSA) is 270 Å². The molecular weight excluding hydrogens is 1190 g/mol. The number of ketones is 4. The fraction of sp³-hybridized carbons (Fsp3) is 0.817. The molecule has 0 aromatic carbocycles. The van der Waals surface area contributed by atoms with Crippen LogP contribution < -0.4 is 10.6 Å².